The quantitative estimate of drug-likeness (QED) is 0.252. The molecule has 2 aromatic heterocycles. The first-order valence-corrected chi connectivity index (χ1v) is 13.4. The molecule has 5 nitrogen and oxygen atoms in total. The van der Waals surface area contributed by atoms with Crippen LogP contribution in [0.25, 0.3) is 21.5 Å². The molecule has 1 aliphatic rings. The summed E-state index contributed by atoms with van der Waals surface area (Å²) in [6, 6.07) is 11.5. The molecule has 2 heterocycles. The molecule has 192 valence electrons. The van der Waals surface area contributed by atoms with E-state index >= 15 is 0 Å². The summed E-state index contributed by atoms with van der Waals surface area (Å²) in [5, 5.41) is 1.47. The largest absolute Gasteiger partial charge is 0.345 e. The minimum atomic E-state index is -0.311. The number of aromatic nitrogens is 2. The lowest BCUT2D eigenvalue weighted by Crippen LogP contribution is -2.35. The van der Waals surface area contributed by atoms with Crippen LogP contribution < -0.4 is 5.73 Å². The van der Waals surface area contributed by atoms with E-state index in [-0.39, 0.29) is 5.82 Å². The first kappa shape index (κ1) is 28.1. The number of halogens is 3. The van der Waals surface area contributed by atoms with Gasteiger partial charge < -0.3 is 15.6 Å². The Kier molecular flexibility index (Phi) is 10.7. The number of aryl methyl sites for hydroxylation is 1. The summed E-state index contributed by atoms with van der Waals surface area (Å²) >= 11 is 13.2. The van der Waals surface area contributed by atoms with Crippen LogP contribution >= 0.6 is 34.5 Å². The lowest BCUT2D eigenvalue weighted by atomic mass is 9.94. The van der Waals surface area contributed by atoms with E-state index in [1.165, 1.54) is 43.7 Å². The number of aromatic amines is 1. The number of carbonyl (C=O) groups is 1. The van der Waals surface area contributed by atoms with Crippen molar-refractivity contribution < 1.29 is 9.18 Å². The predicted molar refractivity (Wildman–Crippen MR) is 149 cm³/mol. The zero-order valence-electron chi connectivity index (χ0n) is 20.4. The maximum atomic E-state index is 13.3. The SMILES string of the molecule is CN.Cc1sc2c(Cl)ccc(F)c2c1Cl.O=CN(Cc1cccc(-c2ncc[nH]2)c1)C1CCCCC1. The van der Waals surface area contributed by atoms with Gasteiger partial charge in [0.2, 0.25) is 6.41 Å². The number of H-pyrrole nitrogens is 1. The lowest BCUT2D eigenvalue weighted by Gasteiger charge is -2.31. The van der Waals surface area contributed by atoms with E-state index in [9.17, 15) is 9.18 Å². The third kappa shape index (κ3) is 6.85. The normalized spacial score (nSPS) is 13.4. The number of imidazole rings is 1. The highest BCUT2D eigenvalue weighted by atomic mass is 35.5. The lowest BCUT2D eigenvalue weighted by molar-refractivity contribution is -0.121. The van der Waals surface area contributed by atoms with Crippen LogP contribution in [0.5, 0.6) is 0 Å². The predicted octanol–water partition coefficient (Wildman–Crippen LogP) is 7.60. The Morgan fingerprint density at radius 2 is 1.94 bits per heavy atom. The van der Waals surface area contributed by atoms with Crippen LogP contribution in [0.2, 0.25) is 10.0 Å². The van der Waals surface area contributed by atoms with Gasteiger partial charge in [0.1, 0.15) is 11.6 Å². The van der Waals surface area contributed by atoms with Gasteiger partial charge in [-0.1, -0.05) is 60.7 Å². The molecule has 1 fully saturated rings. The van der Waals surface area contributed by atoms with Gasteiger partial charge in [-0.3, -0.25) is 4.79 Å². The van der Waals surface area contributed by atoms with Crippen LogP contribution in [0.3, 0.4) is 0 Å². The summed E-state index contributed by atoms with van der Waals surface area (Å²) in [7, 11) is 1.50. The molecule has 0 bridgehead atoms. The second-order valence-electron chi connectivity index (χ2n) is 8.41. The molecule has 1 aliphatic carbocycles. The molecule has 0 radical (unpaired) electrons. The van der Waals surface area contributed by atoms with Gasteiger partial charge in [0.05, 0.1) is 14.7 Å². The number of benzene rings is 2. The molecule has 5 rings (SSSR count). The number of fused-ring (bicyclic) bond motifs is 1. The van der Waals surface area contributed by atoms with Crippen molar-refractivity contribution in [2.45, 2.75) is 51.6 Å². The summed E-state index contributed by atoms with van der Waals surface area (Å²) in [4.78, 5) is 21.7. The van der Waals surface area contributed by atoms with Crippen LogP contribution in [0.15, 0.2) is 48.8 Å². The molecule has 36 heavy (non-hydrogen) atoms. The molecule has 9 heteroatoms. The summed E-state index contributed by atoms with van der Waals surface area (Å²) in [5.74, 6) is 0.556. The topological polar surface area (TPSA) is 75.0 Å². The monoisotopic (exact) mass is 548 g/mol. The molecule has 0 aliphatic heterocycles. The van der Waals surface area contributed by atoms with Gasteiger partial charge >= 0.3 is 0 Å². The van der Waals surface area contributed by atoms with Gasteiger partial charge in [-0.25, -0.2) is 9.37 Å². The van der Waals surface area contributed by atoms with Gasteiger partial charge in [-0.15, -0.1) is 11.3 Å². The zero-order valence-corrected chi connectivity index (χ0v) is 22.8. The number of amides is 1. The fourth-order valence-electron chi connectivity index (χ4n) is 4.33. The Balaban J connectivity index is 0.000000206. The van der Waals surface area contributed by atoms with Crippen molar-refractivity contribution in [1.29, 1.82) is 0 Å². The van der Waals surface area contributed by atoms with E-state index in [0.29, 0.717) is 28.0 Å². The number of nitrogens with two attached hydrogens (primary N) is 1. The Hall–Kier alpha value is -2.45. The van der Waals surface area contributed by atoms with Crippen molar-refractivity contribution in [3.8, 4) is 11.4 Å². The molecule has 4 aromatic rings. The van der Waals surface area contributed by atoms with E-state index in [1.807, 2.05) is 30.2 Å². The molecule has 1 saturated carbocycles. The van der Waals surface area contributed by atoms with E-state index in [4.69, 9.17) is 23.2 Å². The first-order valence-electron chi connectivity index (χ1n) is 11.9. The third-order valence-electron chi connectivity index (χ3n) is 6.09. The highest BCUT2D eigenvalue weighted by molar-refractivity contribution is 7.20. The fraction of sp³-hybridized carbons (Fsp3) is 0.333. The average Bonchev–Trinajstić information content (AvgIpc) is 3.56. The molecule has 0 unspecified atom stereocenters. The highest BCUT2D eigenvalue weighted by Crippen LogP contribution is 2.39. The first-order chi connectivity index (χ1) is 17.5. The third-order valence-corrected chi connectivity index (χ3v) is 8.24. The standard InChI is InChI=1S/C17H21N3O.C9H5Cl2FS.CH5N/c21-13-20(16-7-2-1-3-8-16)12-14-5-4-6-15(11-14)17-18-9-10-19-17;1-4-8(11)7-6(12)3-2-5(10)9(7)13-4;1-2/h4-6,9-11,13,16H,1-3,7-8,12H2,(H,18,19);2-3H,1H3;2H2,1H3. The zero-order chi connectivity index (χ0) is 26.1. The van der Waals surface area contributed by atoms with Crippen LogP contribution in [0.1, 0.15) is 42.5 Å². The van der Waals surface area contributed by atoms with Crippen molar-refractivity contribution in [1.82, 2.24) is 14.9 Å². The second-order valence-corrected chi connectivity index (χ2v) is 10.4. The maximum absolute atomic E-state index is 13.3. The van der Waals surface area contributed by atoms with Gasteiger partial charge in [0, 0.05) is 40.8 Å². The fourth-order valence-corrected chi connectivity index (χ4v) is 5.92. The summed E-state index contributed by atoms with van der Waals surface area (Å²) in [6.07, 6.45) is 10.6. The van der Waals surface area contributed by atoms with Crippen molar-refractivity contribution in [2.75, 3.05) is 7.05 Å². The van der Waals surface area contributed by atoms with Gasteiger partial charge in [0.15, 0.2) is 0 Å². The van der Waals surface area contributed by atoms with Gasteiger partial charge in [0.25, 0.3) is 0 Å². The minimum Gasteiger partial charge on any atom is -0.345 e. The van der Waals surface area contributed by atoms with Crippen molar-refractivity contribution >= 4 is 51.0 Å². The molecular weight excluding hydrogens is 518 g/mol. The number of thiophene rings is 1. The smallest absolute Gasteiger partial charge is 0.210 e. The number of nitrogens with zero attached hydrogens (tertiary/aromatic N) is 2. The maximum Gasteiger partial charge on any atom is 0.210 e. The molecule has 0 atom stereocenters. The molecular formula is C27H31Cl2FN4OS. The number of carbonyl (C=O) groups excluding carboxylic acids is 1. The Morgan fingerprint density at radius 1 is 1.19 bits per heavy atom. The van der Waals surface area contributed by atoms with E-state index in [1.54, 1.807) is 12.3 Å². The Bertz CT molecular complexity index is 1260. The van der Waals surface area contributed by atoms with E-state index in [0.717, 1.165) is 45.8 Å². The summed E-state index contributed by atoms with van der Waals surface area (Å²) in [6.45, 7) is 2.53. The molecule has 2 aromatic carbocycles. The molecule has 3 N–H and O–H groups in total. The van der Waals surface area contributed by atoms with Crippen LogP contribution in [0, 0.1) is 12.7 Å². The second kappa shape index (κ2) is 13.7. The van der Waals surface area contributed by atoms with Gasteiger partial charge in [-0.2, -0.15) is 0 Å². The molecule has 0 saturated heterocycles. The summed E-state index contributed by atoms with van der Waals surface area (Å²) in [5.41, 5.74) is 6.72. The van der Waals surface area contributed by atoms with E-state index in [2.05, 4.69) is 27.8 Å². The van der Waals surface area contributed by atoms with Crippen LogP contribution in [0.4, 0.5) is 4.39 Å². The number of hydrogen-bond acceptors (Lipinski definition) is 4. The number of nitrogens with one attached hydrogen (secondary N) is 1. The number of hydrogen-bond donors (Lipinski definition) is 2. The number of rotatable bonds is 5. The van der Waals surface area contributed by atoms with Crippen LogP contribution in [-0.4, -0.2) is 34.4 Å². The summed E-state index contributed by atoms with van der Waals surface area (Å²) < 4.78 is 14.0. The van der Waals surface area contributed by atoms with Crippen molar-refractivity contribution in [2.24, 2.45) is 5.73 Å². The minimum absolute atomic E-state index is 0.311. The molecule has 0 spiro atoms. The Labute approximate surface area is 225 Å². The Morgan fingerprint density at radius 3 is 2.58 bits per heavy atom. The average molecular weight is 550 g/mol. The van der Waals surface area contributed by atoms with Gasteiger partial charge in [-0.05, 0) is 50.6 Å². The van der Waals surface area contributed by atoms with Crippen molar-refractivity contribution in [3.63, 3.8) is 0 Å². The highest BCUT2D eigenvalue weighted by Gasteiger charge is 2.20. The van der Waals surface area contributed by atoms with E-state index < -0.39 is 0 Å². The van der Waals surface area contributed by atoms with Crippen molar-refractivity contribution in [3.05, 3.63) is 75.1 Å². The van der Waals surface area contributed by atoms with Crippen LogP contribution in [-0.2, 0) is 11.3 Å². The molecule has 1 amide bonds.